The number of aromatic nitrogens is 3. The van der Waals surface area contributed by atoms with E-state index >= 15 is 0 Å². The van der Waals surface area contributed by atoms with Crippen molar-refractivity contribution in [1.82, 2.24) is 14.8 Å². The summed E-state index contributed by atoms with van der Waals surface area (Å²) >= 11 is 7.50. The van der Waals surface area contributed by atoms with E-state index in [1.165, 1.54) is 6.07 Å². The fourth-order valence-corrected chi connectivity index (χ4v) is 4.12. The fraction of sp³-hybridized carbons (Fsp3) is 0.294. The van der Waals surface area contributed by atoms with Crippen molar-refractivity contribution in [3.8, 4) is 5.13 Å². The van der Waals surface area contributed by atoms with Crippen molar-refractivity contribution in [2.24, 2.45) is 0 Å². The van der Waals surface area contributed by atoms with Crippen LogP contribution in [0.5, 0.6) is 0 Å². The highest BCUT2D eigenvalue weighted by Gasteiger charge is 2.22. The number of benzene rings is 1. The van der Waals surface area contributed by atoms with E-state index in [0.29, 0.717) is 11.6 Å². The van der Waals surface area contributed by atoms with Crippen LogP contribution in [0.25, 0.3) is 5.13 Å². The fourth-order valence-electron chi connectivity index (χ4n) is 2.99. The molecule has 3 aromatic rings. The molecule has 1 fully saturated rings. The molecule has 1 aromatic carbocycles. The van der Waals surface area contributed by atoms with Crippen molar-refractivity contribution in [2.75, 3.05) is 36.0 Å². The first-order valence-electron chi connectivity index (χ1n) is 8.07. The van der Waals surface area contributed by atoms with E-state index in [9.17, 15) is 4.39 Å². The summed E-state index contributed by atoms with van der Waals surface area (Å²) in [5.74, 6) is 0.263. The number of para-hydroxylation sites is 1. The minimum atomic E-state index is -0.171. The molecule has 1 saturated heterocycles. The first-order valence-corrected chi connectivity index (χ1v) is 9.42. The number of hydrogen-bond donors (Lipinski definition) is 0. The number of anilines is 2. The third-order valence-corrected chi connectivity index (χ3v) is 5.58. The smallest absolute Gasteiger partial charge is 0.218 e. The largest absolute Gasteiger partial charge is 0.366 e. The number of alkyl halides is 1. The van der Waals surface area contributed by atoms with Gasteiger partial charge in [-0.3, -0.25) is 4.57 Å². The predicted octanol–water partition coefficient (Wildman–Crippen LogP) is 3.53. The monoisotopic (exact) mass is 377 g/mol. The molecule has 8 heteroatoms. The molecule has 25 heavy (non-hydrogen) atoms. The Morgan fingerprint density at radius 2 is 1.68 bits per heavy atom. The minimum absolute atomic E-state index is 0.171. The van der Waals surface area contributed by atoms with Crippen LogP contribution in [0.3, 0.4) is 0 Å². The maximum absolute atomic E-state index is 13.9. The zero-order valence-corrected chi connectivity index (χ0v) is 15.0. The van der Waals surface area contributed by atoms with Crippen LogP contribution in [-0.2, 0) is 5.88 Å². The zero-order valence-electron chi connectivity index (χ0n) is 13.5. The molecule has 0 atom stereocenters. The standard InChI is InChI=1S/C17H17ClFN5S/c18-12-13-4-3-7-24(13)17-21-20-16(25-17)23-10-8-22(9-11-23)15-6-2-1-5-14(15)19/h1-7H,8-12H2. The SMILES string of the molecule is Fc1ccccc1N1CCN(c2nnc(-n3cccc3CCl)s2)CC1. The third-order valence-electron chi connectivity index (χ3n) is 4.32. The van der Waals surface area contributed by atoms with Crippen molar-refractivity contribution in [2.45, 2.75) is 5.88 Å². The zero-order chi connectivity index (χ0) is 17.2. The molecule has 1 aliphatic rings. The average Bonchev–Trinajstić information content (AvgIpc) is 3.31. The van der Waals surface area contributed by atoms with Gasteiger partial charge < -0.3 is 9.80 Å². The van der Waals surface area contributed by atoms with Crippen LogP contribution in [0.2, 0.25) is 0 Å². The quantitative estimate of drug-likeness (QED) is 0.652. The van der Waals surface area contributed by atoms with Gasteiger partial charge in [-0.2, -0.15) is 0 Å². The van der Waals surface area contributed by atoms with Gasteiger partial charge in [0.1, 0.15) is 5.82 Å². The summed E-state index contributed by atoms with van der Waals surface area (Å²) in [6, 6.07) is 10.8. The van der Waals surface area contributed by atoms with Crippen molar-refractivity contribution >= 4 is 33.8 Å². The second-order valence-corrected chi connectivity index (χ2v) is 7.00. The summed E-state index contributed by atoms with van der Waals surface area (Å²) in [6.07, 6.45) is 1.94. The molecule has 0 unspecified atom stereocenters. The van der Waals surface area contributed by atoms with Crippen molar-refractivity contribution in [3.05, 3.63) is 54.1 Å². The number of rotatable bonds is 4. The molecule has 2 aromatic heterocycles. The highest BCUT2D eigenvalue weighted by Crippen LogP contribution is 2.27. The summed E-state index contributed by atoms with van der Waals surface area (Å²) in [4.78, 5) is 4.27. The van der Waals surface area contributed by atoms with E-state index in [-0.39, 0.29) is 5.82 Å². The van der Waals surface area contributed by atoms with Crippen molar-refractivity contribution in [1.29, 1.82) is 0 Å². The van der Waals surface area contributed by atoms with E-state index in [2.05, 4.69) is 20.0 Å². The molecule has 0 spiro atoms. The second kappa shape index (κ2) is 7.01. The van der Waals surface area contributed by atoms with Gasteiger partial charge in [0.05, 0.1) is 11.6 Å². The third kappa shape index (κ3) is 3.21. The van der Waals surface area contributed by atoms with Crippen molar-refractivity contribution < 1.29 is 4.39 Å². The van der Waals surface area contributed by atoms with E-state index in [1.807, 2.05) is 35.0 Å². The maximum atomic E-state index is 13.9. The van der Waals surface area contributed by atoms with Gasteiger partial charge in [-0.05, 0) is 24.3 Å². The van der Waals surface area contributed by atoms with Gasteiger partial charge in [0.25, 0.3) is 0 Å². The molecule has 130 valence electrons. The van der Waals surface area contributed by atoms with E-state index < -0.39 is 0 Å². The second-order valence-electron chi connectivity index (χ2n) is 5.80. The van der Waals surface area contributed by atoms with Gasteiger partial charge in [0.2, 0.25) is 10.3 Å². The molecule has 0 saturated carbocycles. The lowest BCUT2D eigenvalue weighted by atomic mass is 10.2. The molecular formula is C17H17ClFN5S. The van der Waals surface area contributed by atoms with Gasteiger partial charge in [0, 0.05) is 38.1 Å². The first kappa shape index (κ1) is 16.4. The van der Waals surface area contributed by atoms with E-state index in [0.717, 1.165) is 42.1 Å². The van der Waals surface area contributed by atoms with Crippen LogP contribution in [-0.4, -0.2) is 40.9 Å². The van der Waals surface area contributed by atoms with Crippen LogP contribution in [0, 0.1) is 5.82 Å². The number of hydrogen-bond acceptors (Lipinski definition) is 5. The highest BCUT2D eigenvalue weighted by molar-refractivity contribution is 7.17. The molecule has 0 N–H and O–H groups in total. The molecular weight excluding hydrogens is 361 g/mol. The molecule has 3 heterocycles. The molecule has 1 aliphatic heterocycles. The molecule has 5 nitrogen and oxygen atoms in total. The number of piperazine rings is 1. The topological polar surface area (TPSA) is 37.2 Å². The Morgan fingerprint density at radius 1 is 0.960 bits per heavy atom. The first-order chi connectivity index (χ1) is 12.3. The summed E-state index contributed by atoms with van der Waals surface area (Å²) < 4.78 is 15.9. The van der Waals surface area contributed by atoms with Gasteiger partial charge >= 0.3 is 0 Å². The van der Waals surface area contributed by atoms with Crippen LogP contribution in [0.4, 0.5) is 15.2 Å². The van der Waals surface area contributed by atoms with Crippen molar-refractivity contribution in [3.63, 3.8) is 0 Å². The highest BCUT2D eigenvalue weighted by atomic mass is 35.5. The van der Waals surface area contributed by atoms with Crippen LogP contribution >= 0.6 is 22.9 Å². The Morgan fingerprint density at radius 3 is 2.44 bits per heavy atom. The van der Waals surface area contributed by atoms with Gasteiger partial charge in [0.15, 0.2) is 0 Å². The Labute approximate surface area is 154 Å². The molecule has 0 radical (unpaired) electrons. The van der Waals surface area contributed by atoms with E-state index in [4.69, 9.17) is 11.6 Å². The predicted molar refractivity (Wildman–Crippen MR) is 99.6 cm³/mol. The number of halogens is 2. The maximum Gasteiger partial charge on any atom is 0.218 e. The average molecular weight is 378 g/mol. The van der Waals surface area contributed by atoms with Crippen LogP contribution < -0.4 is 9.80 Å². The molecule has 0 aliphatic carbocycles. The number of nitrogens with zero attached hydrogens (tertiary/aromatic N) is 5. The lowest BCUT2D eigenvalue weighted by molar-refractivity contribution is 0.597. The van der Waals surface area contributed by atoms with Gasteiger partial charge in [-0.25, -0.2) is 4.39 Å². The lowest BCUT2D eigenvalue weighted by Gasteiger charge is -2.35. The Kier molecular flexibility index (Phi) is 4.59. The molecule has 0 bridgehead atoms. The lowest BCUT2D eigenvalue weighted by Crippen LogP contribution is -2.46. The normalized spacial score (nSPS) is 15.0. The Hall–Kier alpha value is -2.12. The van der Waals surface area contributed by atoms with Crippen LogP contribution in [0.1, 0.15) is 5.69 Å². The summed E-state index contributed by atoms with van der Waals surface area (Å²) in [5.41, 5.74) is 1.66. The summed E-state index contributed by atoms with van der Waals surface area (Å²) in [7, 11) is 0. The molecule has 4 rings (SSSR count). The van der Waals surface area contributed by atoms with Gasteiger partial charge in [-0.15, -0.1) is 21.8 Å². The Bertz CT molecular complexity index is 856. The summed E-state index contributed by atoms with van der Waals surface area (Å²) in [6.45, 7) is 3.09. The van der Waals surface area contributed by atoms with Crippen LogP contribution in [0.15, 0.2) is 42.6 Å². The Balaban J connectivity index is 1.46. The van der Waals surface area contributed by atoms with E-state index in [1.54, 1.807) is 17.4 Å². The minimum Gasteiger partial charge on any atom is -0.366 e. The molecule has 0 amide bonds. The van der Waals surface area contributed by atoms with Gasteiger partial charge in [-0.1, -0.05) is 23.5 Å². The summed E-state index contributed by atoms with van der Waals surface area (Å²) in [5, 5.41) is 10.3.